The van der Waals surface area contributed by atoms with E-state index in [1.807, 2.05) is 45.9 Å². The number of hydrogen-bond acceptors (Lipinski definition) is 4. The molecule has 0 radical (unpaired) electrons. The van der Waals surface area contributed by atoms with Crippen LogP contribution in [-0.4, -0.2) is 43.7 Å². The Balaban J connectivity index is 2.24. The topological polar surface area (TPSA) is 95.6 Å². The minimum Gasteiger partial charge on any atom is -0.340 e. The summed E-state index contributed by atoms with van der Waals surface area (Å²) in [4.78, 5) is 25.9. The highest BCUT2D eigenvalue weighted by Crippen LogP contribution is 2.19. The van der Waals surface area contributed by atoms with Gasteiger partial charge in [0.05, 0.1) is 4.90 Å². The summed E-state index contributed by atoms with van der Waals surface area (Å²) in [5, 5.41) is 5.65. The molecule has 2 rings (SSSR count). The first-order valence-electron chi connectivity index (χ1n) is 10.8. The van der Waals surface area contributed by atoms with E-state index in [9.17, 15) is 18.0 Å². The van der Waals surface area contributed by atoms with Gasteiger partial charge in [0.15, 0.2) is 0 Å². The smallest absolute Gasteiger partial charge is 0.251 e. The third kappa shape index (κ3) is 5.95. The molecule has 1 atom stereocenters. The summed E-state index contributed by atoms with van der Waals surface area (Å²) in [7, 11) is -3.69. The molecule has 2 N–H and O–H groups in total. The van der Waals surface area contributed by atoms with Crippen molar-refractivity contribution in [1.82, 2.24) is 9.62 Å². The van der Waals surface area contributed by atoms with Gasteiger partial charge in [-0.1, -0.05) is 51.5 Å². The zero-order valence-electron chi connectivity index (χ0n) is 19.6. The third-order valence-electron chi connectivity index (χ3n) is 5.31. The van der Waals surface area contributed by atoms with E-state index >= 15 is 0 Å². The summed E-state index contributed by atoms with van der Waals surface area (Å²) in [6.07, 6.45) is 0. The number of nitrogens with one attached hydrogen (secondary N) is 2. The lowest BCUT2D eigenvalue weighted by Crippen LogP contribution is -2.47. The van der Waals surface area contributed by atoms with Crippen molar-refractivity contribution in [2.45, 2.75) is 52.5 Å². The highest BCUT2D eigenvalue weighted by molar-refractivity contribution is 7.89. The van der Waals surface area contributed by atoms with Crippen LogP contribution >= 0.6 is 0 Å². The second-order valence-electron chi connectivity index (χ2n) is 8.12. The quantitative estimate of drug-likeness (QED) is 0.597. The lowest BCUT2D eigenvalue weighted by Gasteiger charge is -2.23. The molecule has 0 aliphatic rings. The highest BCUT2D eigenvalue weighted by Gasteiger charge is 2.27. The summed E-state index contributed by atoms with van der Waals surface area (Å²) in [5.74, 6) is -1.00. The average molecular weight is 460 g/mol. The van der Waals surface area contributed by atoms with E-state index < -0.39 is 22.0 Å². The number of sulfonamides is 1. The standard InChI is InChI=1S/C24H33N3O4S/c1-7-27(8-2)32(30,31)20-11-9-10-19(15-20)23(28)26-22(16(3)4)24(29)25-21-13-12-17(5)14-18(21)6/h9-16,22H,7-8H2,1-6H3,(H,25,29)(H,26,28)/t22-/m1/s1. The molecule has 0 unspecified atom stereocenters. The molecule has 0 fully saturated rings. The van der Waals surface area contributed by atoms with E-state index in [-0.39, 0.29) is 22.3 Å². The van der Waals surface area contributed by atoms with E-state index in [4.69, 9.17) is 0 Å². The van der Waals surface area contributed by atoms with E-state index in [2.05, 4.69) is 10.6 Å². The molecule has 32 heavy (non-hydrogen) atoms. The minimum absolute atomic E-state index is 0.0506. The molecule has 0 bridgehead atoms. The number of aryl methyl sites for hydroxylation is 2. The lowest BCUT2D eigenvalue weighted by molar-refractivity contribution is -0.118. The molecular formula is C24H33N3O4S. The van der Waals surface area contributed by atoms with E-state index in [0.717, 1.165) is 11.1 Å². The predicted molar refractivity (Wildman–Crippen MR) is 127 cm³/mol. The Labute approximate surface area is 191 Å². The number of amides is 2. The highest BCUT2D eigenvalue weighted by atomic mass is 32.2. The Kier molecular flexibility index (Phi) is 8.58. The third-order valence-corrected chi connectivity index (χ3v) is 7.36. The van der Waals surface area contributed by atoms with Crippen LogP contribution in [0.1, 0.15) is 49.2 Å². The number of carbonyl (C=O) groups is 2. The first kappa shape index (κ1) is 25.5. The van der Waals surface area contributed by atoms with Gasteiger partial charge in [-0.3, -0.25) is 9.59 Å². The van der Waals surface area contributed by atoms with Gasteiger partial charge in [0.1, 0.15) is 6.04 Å². The molecule has 0 aromatic heterocycles. The molecule has 0 spiro atoms. The van der Waals surface area contributed by atoms with E-state index in [0.29, 0.717) is 18.8 Å². The van der Waals surface area contributed by atoms with Gasteiger partial charge in [-0.25, -0.2) is 8.42 Å². The van der Waals surface area contributed by atoms with E-state index in [1.54, 1.807) is 13.8 Å². The second-order valence-corrected chi connectivity index (χ2v) is 10.1. The fourth-order valence-electron chi connectivity index (χ4n) is 3.43. The van der Waals surface area contributed by atoms with Gasteiger partial charge in [0.25, 0.3) is 5.91 Å². The molecule has 8 heteroatoms. The van der Waals surface area contributed by atoms with Crippen LogP contribution in [0.3, 0.4) is 0 Å². The molecule has 0 saturated heterocycles. The summed E-state index contributed by atoms with van der Waals surface area (Å²) in [5.41, 5.74) is 2.89. The zero-order valence-corrected chi connectivity index (χ0v) is 20.4. The molecule has 2 amide bonds. The van der Waals surface area contributed by atoms with Crippen LogP contribution in [0.2, 0.25) is 0 Å². The number of carbonyl (C=O) groups excluding carboxylic acids is 2. The Bertz CT molecular complexity index is 1080. The SMILES string of the molecule is CCN(CC)S(=O)(=O)c1cccc(C(=O)N[C@@H](C(=O)Nc2ccc(C)cc2C)C(C)C)c1. The van der Waals surface area contributed by atoms with Gasteiger partial charge < -0.3 is 10.6 Å². The first-order valence-corrected chi connectivity index (χ1v) is 12.2. The van der Waals surface area contributed by atoms with Crippen molar-refractivity contribution in [3.8, 4) is 0 Å². The average Bonchev–Trinajstić information content (AvgIpc) is 2.74. The van der Waals surface area contributed by atoms with Gasteiger partial charge in [-0.05, 0) is 49.6 Å². The van der Waals surface area contributed by atoms with Crippen LogP contribution in [0.4, 0.5) is 5.69 Å². The van der Waals surface area contributed by atoms with Gasteiger partial charge in [-0.15, -0.1) is 0 Å². The molecule has 0 saturated carbocycles. The number of rotatable bonds is 9. The maximum atomic E-state index is 12.9. The normalized spacial score (nSPS) is 12.6. The van der Waals surface area contributed by atoms with Gasteiger partial charge in [-0.2, -0.15) is 4.31 Å². The number of nitrogens with zero attached hydrogens (tertiary/aromatic N) is 1. The van der Waals surface area contributed by atoms with Crippen LogP contribution in [0.15, 0.2) is 47.4 Å². The zero-order chi connectivity index (χ0) is 24.1. The molecule has 0 aliphatic heterocycles. The summed E-state index contributed by atoms with van der Waals surface area (Å²) >= 11 is 0. The Morgan fingerprint density at radius 2 is 1.66 bits per heavy atom. The maximum absolute atomic E-state index is 12.9. The van der Waals surface area contributed by atoms with Crippen molar-refractivity contribution in [3.63, 3.8) is 0 Å². The van der Waals surface area contributed by atoms with Crippen LogP contribution in [0.25, 0.3) is 0 Å². The Morgan fingerprint density at radius 1 is 1.00 bits per heavy atom. The molecule has 7 nitrogen and oxygen atoms in total. The summed E-state index contributed by atoms with van der Waals surface area (Å²) < 4.78 is 26.9. The van der Waals surface area contributed by atoms with Crippen molar-refractivity contribution in [2.75, 3.05) is 18.4 Å². The molecule has 0 aliphatic carbocycles. The van der Waals surface area contributed by atoms with E-state index in [1.165, 1.54) is 28.6 Å². The van der Waals surface area contributed by atoms with Gasteiger partial charge >= 0.3 is 0 Å². The summed E-state index contributed by atoms with van der Waals surface area (Å²) in [6, 6.07) is 10.8. The molecule has 2 aromatic rings. The number of benzene rings is 2. The van der Waals surface area contributed by atoms with Crippen LogP contribution in [0, 0.1) is 19.8 Å². The molecule has 0 heterocycles. The van der Waals surface area contributed by atoms with Crippen LogP contribution in [0.5, 0.6) is 0 Å². The fourth-order valence-corrected chi connectivity index (χ4v) is 4.94. The Morgan fingerprint density at radius 3 is 2.22 bits per heavy atom. The predicted octanol–water partition coefficient (Wildman–Crippen LogP) is 3.73. The molecule has 174 valence electrons. The van der Waals surface area contributed by atoms with Crippen LogP contribution < -0.4 is 10.6 Å². The number of anilines is 1. The monoisotopic (exact) mass is 459 g/mol. The van der Waals surface area contributed by atoms with Crippen molar-refractivity contribution < 1.29 is 18.0 Å². The first-order chi connectivity index (χ1) is 15.0. The largest absolute Gasteiger partial charge is 0.340 e. The summed E-state index contributed by atoms with van der Waals surface area (Å²) in [6.45, 7) is 11.8. The van der Waals surface area contributed by atoms with Gasteiger partial charge in [0.2, 0.25) is 15.9 Å². The molecule has 2 aromatic carbocycles. The second kappa shape index (κ2) is 10.7. The molecular weight excluding hydrogens is 426 g/mol. The van der Waals surface area contributed by atoms with Gasteiger partial charge in [0, 0.05) is 24.3 Å². The van der Waals surface area contributed by atoms with Crippen molar-refractivity contribution >= 4 is 27.5 Å². The fraction of sp³-hybridized carbons (Fsp3) is 0.417. The van der Waals surface area contributed by atoms with Crippen molar-refractivity contribution in [3.05, 3.63) is 59.2 Å². The van der Waals surface area contributed by atoms with Crippen LogP contribution in [-0.2, 0) is 14.8 Å². The Hall–Kier alpha value is -2.71. The maximum Gasteiger partial charge on any atom is 0.251 e. The van der Waals surface area contributed by atoms with Crippen molar-refractivity contribution in [1.29, 1.82) is 0 Å². The lowest BCUT2D eigenvalue weighted by atomic mass is 10.0. The minimum atomic E-state index is -3.69. The van der Waals surface area contributed by atoms with Crippen molar-refractivity contribution in [2.24, 2.45) is 5.92 Å². The number of hydrogen-bond donors (Lipinski definition) is 2.